The zero-order chi connectivity index (χ0) is 11.1. The van der Waals surface area contributed by atoms with E-state index in [2.05, 4.69) is 25.4 Å². The van der Waals surface area contributed by atoms with Crippen LogP contribution in [0, 0.1) is 0 Å². The molecule has 15 heavy (non-hydrogen) atoms. The molecule has 0 saturated carbocycles. The first-order valence-corrected chi connectivity index (χ1v) is 7.24. The number of hydrogen-bond acceptors (Lipinski definition) is 3. The van der Waals surface area contributed by atoms with Crippen LogP contribution < -0.4 is 5.32 Å². The molecule has 1 heterocycles. The maximum Gasteiger partial charge on any atom is 0.0576 e. The maximum atomic E-state index is 5.59. The molecule has 0 aromatic rings. The first-order chi connectivity index (χ1) is 7.14. The van der Waals surface area contributed by atoms with Gasteiger partial charge in [-0.3, -0.25) is 0 Å². The zero-order valence-corrected chi connectivity index (χ0v) is 11.2. The van der Waals surface area contributed by atoms with E-state index in [4.69, 9.17) is 4.74 Å². The van der Waals surface area contributed by atoms with Crippen LogP contribution in [0.1, 0.15) is 39.5 Å². The summed E-state index contributed by atoms with van der Waals surface area (Å²) >= 11 is 1.92. The third-order valence-electron chi connectivity index (χ3n) is 3.01. The van der Waals surface area contributed by atoms with E-state index in [1.807, 2.05) is 11.8 Å². The van der Waals surface area contributed by atoms with Crippen LogP contribution in [0.15, 0.2) is 0 Å². The van der Waals surface area contributed by atoms with Gasteiger partial charge in [0.25, 0.3) is 0 Å². The molecular weight excluding hydrogens is 206 g/mol. The van der Waals surface area contributed by atoms with Crippen LogP contribution in [0.3, 0.4) is 0 Å². The van der Waals surface area contributed by atoms with Gasteiger partial charge in [-0.1, -0.05) is 0 Å². The lowest BCUT2D eigenvalue weighted by molar-refractivity contribution is 0.102. The standard InChI is InChI=1S/C12H25NOS/c1-12(2,15-3)10-13-8-4-6-11-7-5-9-14-11/h11,13H,4-10H2,1-3H3. The van der Waals surface area contributed by atoms with Crippen molar-refractivity contribution in [2.45, 2.75) is 50.4 Å². The SMILES string of the molecule is CSC(C)(C)CNCCCC1CCCO1. The van der Waals surface area contributed by atoms with E-state index in [9.17, 15) is 0 Å². The average Bonchev–Trinajstić information content (AvgIpc) is 2.70. The summed E-state index contributed by atoms with van der Waals surface area (Å²) < 4.78 is 5.95. The fourth-order valence-electron chi connectivity index (χ4n) is 1.79. The normalized spacial score (nSPS) is 22.2. The monoisotopic (exact) mass is 231 g/mol. The van der Waals surface area contributed by atoms with Crippen LogP contribution in [0.4, 0.5) is 0 Å². The second-order valence-electron chi connectivity index (χ2n) is 4.92. The van der Waals surface area contributed by atoms with Crippen molar-refractivity contribution >= 4 is 11.8 Å². The highest BCUT2D eigenvalue weighted by Gasteiger charge is 2.16. The summed E-state index contributed by atoms with van der Waals surface area (Å²) in [7, 11) is 0. The summed E-state index contributed by atoms with van der Waals surface area (Å²) in [6.45, 7) is 7.77. The van der Waals surface area contributed by atoms with Gasteiger partial charge in [-0.15, -0.1) is 0 Å². The van der Waals surface area contributed by atoms with E-state index in [-0.39, 0.29) is 0 Å². The van der Waals surface area contributed by atoms with Crippen LogP contribution in [0.2, 0.25) is 0 Å². The van der Waals surface area contributed by atoms with Gasteiger partial charge in [0.2, 0.25) is 0 Å². The van der Waals surface area contributed by atoms with Gasteiger partial charge in [-0.2, -0.15) is 11.8 Å². The summed E-state index contributed by atoms with van der Waals surface area (Å²) in [5.41, 5.74) is 0. The fourth-order valence-corrected chi connectivity index (χ4v) is 2.03. The van der Waals surface area contributed by atoms with Crippen LogP contribution in [0.25, 0.3) is 0 Å². The number of nitrogens with one attached hydrogen (secondary N) is 1. The average molecular weight is 231 g/mol. The Kier molecular flexibility index (Phi) is 6.02. The number of ether oxygens (including phenoxy) is 1. The Hall–Kier alpha value is 0.270. The molecule has 0 aromatic carbocycles. The zero-order valence-electron chi connectivity index (χ0n) is 10.3. The van der Waals surface area contributed by atoms with Gasteiger partial charge in [0.05, 0.1) is 6.10 Å². The number of hydrogen-bond donors (Lipinski definition) is 1. The van der Waals surface area contributed by atoms with E-state index >= 15 is 0 Å². The van der Waals surface area contributed by atoms with Gasteiger partial charge in [0.1, 0.15) is 0 Å². The molecule has 1 unspecified atom stereocenters. The molecule has 2 nitrogen and oxygen atoms in total. The summed E-state index contributed by atoms with van der Waals surface area (Å²) in [6.07, 6.45) is 7.74. The van der Waals surface area contributed by atoms with Crippen LogP contribution >= 0.6 is 11.8 Å². The maximum absolute atomic E-state index is 5.59. The molecule has 1 N–H and O–H groups in total. The molecule has 0 aliphatic carbocycles. The Bertz CT molecular complexity index is 167. The van der Waals surface area contributed by atoms with Gasteiger partial charge < -0.3 is 10.1 Å². The molecular formula is C12H25NOS. The van der Waals surface area contributed by atoms with E-state index in [0.717, 1.165) is 19.7 Å². The van der Waals surface area contributed by atoms with E-state index in [1.165, 1.54) is 25.7 Å². The summed E-state index contributed by atoms with van der Waals surface area (Å²) in [6, 6.07) is 0. The first kappa shape index (κ1) is 13.3. The molecule has 1 atom stereocenters. The summed E-state index contributed by atoms with van der Waals surface area (Å²) in [5.74, 6) is 0. The summed E-state index contributed by atoms with van der Waals surface area (Å²) in [5, 5.41) is 3.52. The Morgan fingerprint density at radius 2 is 2.27 bits per heavy atom. The van der Waals surface area contributed by atoms with Crippen molar-refractivity contribution in [3.63, 3.8) is 0 Å². The molecule has 1 fully saturated rings. The Balaban J connectivity index is 1.92. The summed E-state index contributed by atoms with van der Waals surface area (Å²) in [4.78, 5) is 0. The minimum absolute atomic E-state index is 0.365. The predicted octanol–water partition coefficient (Wildman–Crippen LogP) is 2.68. The van der Waals surface area contributed by atoms with Crippen molar-refractivity contribution in [3.8, 4) is 0 Å². The minimum atomic E-state index is 0.365. The fraction of sp³-hybridized carbons (Fsp3) is 1.00. The molecule has 0 radical (unpaired) electrons. The second-order valence-corrected chi connectivity index (χ2v) is 6.43. The molecule has 1 rings (SSSR count). The lowest BCUT2D eigenvalue weighted by Crippen LogP contribution is -2.32. The molecule has 0 amide bonds. The number of rotatable bonds is 7. The van der Waals surface area contributed by atoms with Gasteiger partial charge >= 0.3 is 0 Å². The quantitative estimate of drug-likeness (QED) is 0.681. The third-order valence-corrected chi connectivity index (χ3v) is 4.26. The smallest absolute Gasteiger partial charge is 0.0576 e. The van der Waals surface area contributed by atoms with Crippen molar-refractivity contribution in [2.24, 2.45) is 0 Å². The Morgan fingerprint density at radius 3 is 2.87 bits per heavy atom. The van der Waals surface area contributed by atoms with Crippen molar-refractivity contribution in [2.75, 3.05) is 26.0 Å². The second kappa shape index (κ2) is 6.77. The minimum Gasteiger partial charge on any atom is -0.378 e. The first-order valence-electron chi connectivity index (χ1n) is 6.01. The van der Waals surface area contributed by atoms with Crippen molar-refractivity contribution < 1.29 is 4.74 Å². The van der Waals surface area contributed by atoms with E-state index in [0.29, 0.717) is 10.9 Å². The molecule has 1 aliphatic rings. The van der Waals surface area contributed by atoms with Crippen molar-refractivity contribution in [3.05, 3.63) is 0 Å². The van der Waals surface area contributed by atoms with Gasteiger partial charge in [0.15, 0.2) is 0 Å². The van der Waals surface area contributed by atoms with Crippen LogP contribution in [-0.4, -0.2) is 36.8 Å². The third kappa shape index (κ3) is 5.79. The Morgan fingerprint density at radius 1 is 1.47 bits per heavy atom. The van der Waals surface area contributed by atoms with E-state index in [1.54, 1.807) is 0 Å². The lowest BCUT2D eigenvalue weighted by Gasteiger charge is -2.22. The van der Waals surface area contributed by atoms with Gasteiger partial charge in [-0.05, 0) is 52.3 Å². The predicted molar refractivity (Wildman–Crippen MR) is 68.7 cm³/mol. The molecule has 0 spiro atoms. The van der Waals surface area contributed by atoms with Crippen LogP contribution in [-0.2, 0) is 4.74 Å². The van der Waals surface area contributed by atoms with Crippen molar-refractivity contribution in [1.82, 2.24) is 5.32 Å². The topological polar surface area (TPSA) is 21.3 Å². The number of thioether (sulfide) groups is 1. The largest absolute Gasteiger partial charge is 0.378 e. The molecule has 0 bridgehead atoms. The molecule has 1 saturated heterocycles. The van der Waals surface area contributed by atoms with Crippen molar-refractivity contribution in [1.29, 1.82) is 0 Å². The van der Waals surface area contributed by atoms with Crippen LogP contribution in [0.5, 0.6) is 0 Å². The molecule has 90 valence electrons. The van der Waals surface area contributed by atoms with Gasteiger partial charge in [-0.25, -0.2) is 0 Å². The lowest BCUT2D eigenvalue weighted by atomic mass is 10.1. The molecule has 3 heteroatoms. The highest BCUT2D eigenvalue weighted by atomic mass is 32.2. The highest BCUT2D eigenvalue weighted by molar-refractivity contribution is 7.99. The molecule has 0 aromatic heterocycles. The highest BCUT2D eigenvalue weighted by Crippen LogP contribution is 2.20. The molecule has 1 aliphatic heterocycles. The van der Waals surface area contributed by atoms with E-state index < -0.39 is 0 Å². The Labute approximate surface area is 98.5 Å². The van der Waals surface area contributed by atoms with Gasteiger partial charge in [0, 0.05) is 17.9 Å².